The van der Waals surface area contributed by atoms with Crippen LogP contribution in [0.4, 0.5) is 0 Å². The van der Waals surface area contributed by atoms with Crippen molar-refractivity contribution in [2.24, 2.45) is 11.1 Å². The van der Waals surface area contributed by atoms with Crippen LogP contribution in [0.5, 0.6) is 0 Å². The highest BCUT2D eigenvalue weighted by Crippen LogP contribution is 1.98. The van der Waals surface area contributed by atoms with E-state index >= 15 is 0 Å². The van der Waals surface area contributed by atoms with Crippen LogP contribution in [0.25, 0.3) is 0 Å². The smallest absolute Gasteiger partial charge is 0.117 e. The van der Waals surface area contributed by atoms with Gasteiger partial charge in [0.2, 0.25) is 0 Å². The van der Waals surface area contributed by atoms with E-state index in [0.29, 0.717) is 12.5 Å². The molecular formula is C11H16N2O. The standard InChI is InChI=1S/C11H16N2O/c1-10(2)6-8-14-13-9-11-5-3-4-7-12-11/h3-5,7,9-10H,6,8H2,1-2H3. The van der Waals surface area contributed by atoms with E-state index in [1.807, 2.05) is 18.2 Å². The average molecular weight is 192 g/mol. The maximum absolute atomic E-state index is 5.08. The quantitative estimate of drug-likeness (QED) is 0.408. The Hall–Kier alpha value is -1.38. The van der Waals surface area contributed by atoms with Crippen molar-refractivity contribution in [3.8, 4) is 0 Å². The van der Waals surface area contributed by atoms with Crippen LogP contribution in [0.15, 0.2) is 29.6 Å². The number of oxime groups is 1. The minimum atomic E-state index is 0.653. The van der Waals surface area contributed by atoms with E-state index < -0.39 is 0 Å². The molecule has 1 rings (SSSR count). The summed E-state index contributed by atoms with van der Waals surface area (Å²) in [5.41, 5.74) is 0.817. The van der Waals surface area contributed by atoms with Crippen molar-refractivity contribution in [1.29, 1.82) is 0 Å². The van der Waals surface area contributed by atoms with Crippen LogP contribution < -0.4 is 0 Å². The first-order chi connectivity index (χ1) is 6.79. The first-order valence-electron chi connectivity index (χ1n) is 4.85. The molecule has 0 saturated carbocycles. The summed E-state index contributed by atoms with van der Waals surface area (Å²) in [6.07, 6.45) is 4.38. The minimum absolute atomic E-state index is 0.653. The molecule has 1 aromatic rings. The second-order valence-corrected chi connectivity index (χ2v) is 3.50. The summed E-state index contributed by atoms with van der Waals surface area (Å²) in [7, 11) is 0. The van der Waals surface area contributed by atoms with Gasteiger partial charge in [0.1, 0.15) is 6.61 Å². The van der Waals surface area contributed by atoms with Crippen molar-refractivity contribution in [3.05, 3.63) is 30.1 Å². The van der Waals surface area contributed by atoms with Gasteiger partial charge < -0.3 is 4.84 Å². The van der Waals surface area contributed by atoms with E-state index in [1.165, 1.54) is 0 Å². The predicted octanol–water partition coefficient (Wildman–Crippen LogP) is 2.48. The topological polar surface area (TPSA) is 34.5 Å². The van der Waals surface area contributed by atoms with Gasteiger partial charge in [-0.1, -0.05) is 25.1 Å². The molecule has 0 aliphatic carbocycles. The highest BCUT2D eigenvalue weighted by atomic mass is 16.6. The van der Waals surface area contributed by atoms with E-state index in [-0.39, 0.29) is 0 Å². The Morgan fingerprint density at radius 3 is 3.00 bits per heavy atom. The van der Waals surface area contributed by atoms with Gasteiger partial charge in [0.25, 0.3) is 0 Å². The number of nitrogens with zero attached hydrogens (tertiary/aromatic N) is 2. The number of hydrogen-bond donors (Lipinski definition) is 0. The zero-order valence-corrected chi connectivity index (χ0v) is 8.68. The van der Waals surface area contributed by atoms with E-state index in [2.05, 4.69) is 24.0 Å². The van der Waals surface area contributed by atoms with Crippen molar-refractivity contribution in [3.63, 3.8) is 0 Å². The number of pyridine rings is 1. The second kappa shape index (κ2) is 6.13. The fraction of sp³-hybridized carbons (Fsp3) is 0.455. The molecule has 1 aromatic heterocycles. The number of rotatable bonds is 5. The van der Waals surface area contributed by atoms with E-state index in [0.717, 1.165) is 12.1 Å². The zero-order valence-electron chi connectivity index (χ0n) is 8.68. The van der Waals surface area contributed by atoms with Gasteiger partial charge in [-0.2, -0.15) is 0 Å². The fourth-order valence-electron chi connectivity index (χ4n) is 0.885. The van der Waals surface area contributed by atoms with Crippen molar-refractivity contribution < 1.29 is 4.84 Å². The molecule has 0 atom stereocenters. The molecule has 3 heteroatoms. The van der Waals surface area contributed by atoms with Crippen LogP contribution in [-0.4, -0.2) is 17.8 Å². The van der Waals surface area contributed by atoms with Gasteiger partial charge >= 0.3 is 0 Å². The Labute approximate surface area is 84.8 Å². The van der Waals surface area contributed by atoms with Gasteiger partial charge in [-0.3, -0.25) is 4.98 Å². The molecular weight excluding hydrogens is 176 g/mol. The Morgan fingerprint density at radius 1 is 1.50 bits per heavy atom. The first-order valence-corrected chi connectivity index (χ1v) is 4.85. The number of hydrogen-bond acceptors (Lipinski definition) is 3. The average Bonchev–Trinajstić information content (AvgIpc) is 2.18. The van der Waals surface area contributed by atoms with Crippen molar-refractivity contribution in [2.75, 3.05) is 6.61 Å². The second-order valence-electron chi connectivity index (χ2n) is 3.50. The molecule has 0 unspecified atom stereocenters. The Kier molecular flexibility index (Phi) is 4.69. The summed E-state index contributed by atoms with van der Waals surface area (Å²) in [6.45, 7) is 4.98. The summed E-state index contributed by atoms with van der Waals surface area (Å²) in [5.74, 6) is 0.653. The van der Waals surface area contributed by atoms with Crippen LogP contribution in [0, 0.1) is 5.92 Å². The minimum Gasteiger partial charge on any atom is -0.396 e. The van der Waals surface area contributed by atoms with Crippen LogP contribution in [0.1, 0.15) is 26.0 Å². The van der Waals surface area contributed by atoms with Crippen molar-refractivity contribution in [2.45, 2.75) is 20.3 Å². The van der Waals surface area contributed by atoms with Crippen molar-refractivity contribution in [1.82, 2.24) is 4.98 Å². The lowest BCUT2D eigenvalue weighted by molar-refractivity contribution is 0.134. The molecule has 14 heavy (non-hydrogen) atoms. The van der Waals surface area contributed by atoms with Gasteiger partial charge in [0, 0.05) is 6.20 Å². The Bertz CT molecular complexity index is 270. The van der Waals surface area contributed by atoms with Crippen LogP contribution >= 0.6 is 0 Å². The van der Waals surface area contributed by atoms with Gasteiger partial charge in [-0.15, -0.1) is 0 Å². The largest absolute Gasteiger partial charge is 0.396 e. The van der Waals surface area contributed by atoms with Crippen LogP contribution in [0.2, 0.25) is 0 Å². The summed E-state index contributed by atoms with van der Waals surface area (Å²) < 4.78 is 0. The summed E-state index contributed by atoms with van der Waals surface area (Å²) in [4.78, 5) is 9.16. The van der Waals surface area contributed by atoms with Crippen LogP contribution in [0.3, 0.4) is 0 Å². The third-order valence-electron chi connectivity index (χ3n) is 1.73. The summed E-state index contributed by atoms with van der Waals surface area (Å²) >= 11 is 0. The molecule has 0 aliphatic heterocycles. The normalized spacial score (nSPS) is 11.1. The highest BCUT2D eigenvalue weighted by molar-refractivity contribution is 5.76. The van der Waals surface area contributed by atoms with Crippen LogP contribution in [-0.2, 0) is 4.84 Å². The SMILES string of the molecule is CC(C)CCON=Cc1ccccn1. The summed E-state index contributed by atoms with van der Waals surface area (Å²) in [5, 5.41) is 3.83. The lowest BCUT2D eigenvalue weighted by Crippen LogP contribution is -1.95. The predicted molar refractivity (Wildman–Crippen MR) is 57.2 cm³/mol. The van der Waals surface area contributed by atoms with Gasteiger partial charge in [0.05, 0.1) is 11.9 Å². The molecule has 0 aromatic carbocycles. The molecule has 3 nitrogen and oxygen atoms in total. The molecule has 0 spiro atoms. The molecule has 0 radical (unpaired) electrons. The lowest BCUT2D eigenvalue weighted by atomic mass is 10.1. The van der Waals surface area contributed by atoms with E-state index in [4.69, 9.17) is 4.84 Å². The third kappa shape index (κ3) is 4.60. The first kappa shape index (κ1) is 10.7. The maximum atomic E-state index is 5.08. The molecule has 0 aliphatic rings. The Balaban J connectivity index is 2.21. The monoisotopic (exact) mass is 192 g/mol. The third-order valence-corrected chi connectivity index (χ3v) is 1.73. The molecule has 0 N–H and O–H groups in total. The van der Waals surface area contributed by atoms with Gasteiger partial charge in [-0.25, -0.2) is 0 Å². The maximum Gasteiger partial charge on any atom is 0.117 e. The fourth-order valence-corrected chi connectivity index (χ4v) is 0.885. The van der Waals surface area contributed by atoms with E-state index in [9.17, 15) is 0 Å². The lowest BCUT2D eigenvalue weighted by Gasteiger charge is -2.01. The van der Waals surface area contributed by atoms with Gasteiger partial charge in [-0.05, 0) is 24.5 Å². The number of aromatic nitrogens is 1. The molecule has 0 bridgehead atoms. The summed E-state index contributed by atoms with van der Waals surface area (Å²) in [6, 6.07) is 5.68. The molecule has 0 amide bonds. The van der Waals surface area contributed by atoms with Gasteiger partial charge in [0.15, 0.2) is 0 Å². The highest BCUT2D eigenvalue weighted by Gasteiger charge is 1.92. The molecule has 1 heterocycles. The van der Waals surface area contributed by atoms with E-state index in [1.54, 1.807) is 12.4 Å². The zero-order chi connectivity index (χ0) is 10.2. The Morgan fingerprint density at radius 2 is 2.36 bits per heavy atom. The molecule has 76 valence electrons. The van der Waals surface area contributed by atoms with Crippen molar-refractivity contribution >= 4 is 6.21 Å². The molecule has 0 fully saturated rings. The molecule has 0 saturated heterocycles.